The molecule has 22 heavy (non-hydrogen) atoms. The lowest BCUT2D eigenvalue weighted by Crippen LogP contribution is -3.06. The summed E-state index contributed by atoms with van der Waals surface area (Å²) < 4.78 is 23.6. The molecular formula is C15H30N3O2S2+. The van der Waals surface area contributed by atoms with Gasteiger partial charge in [0.2, 0.25) is 0 Å². The first-order valence-corrected chi connectivity index (χ1v) is 10.7. The summed E-state index contributed by atoms with van der Waals surface area (Å²) in [6.45, 7) is 1.78. The second kappa shape index (κ2) is 7.93. The number of sulfone groups is 1. The molecule has 1 aliphatic carbocycles. The number of nitrogens with zero attached hydrogens (tertiary/aromatic N) is 1. The van der Waals surface area contributed by atoms with Gasteiger partial charge in [0.05, 0.1) is 38.7 Å². The summed E-state index contributed by atoms with van der Waals surface area (Å²) in [5.41, 5.74) is 0. The maximum absolute atomic E-state index is 11.8. The quantitative estimate of drug-likeness (QED) is 0.676. The minimum absolute atomic E-state index is 0.0490. The molecule has 1 atom stereocenters. The highest BCUT2D eigenvalue weighted by molar-refractivity contribution is 7.91. The lowest BCUT2D eigenvalue weighted by atomic mass is 9.96. The Morgan fingerprint density at radius 1 is 1.23 bits per heavy atom. The van der Waals surface area contributed by atoms with Crippen molar-refractivity contribution in [3.63, 3.8) is 0 Å². The zero-order valence-corrected chi connectivity index (χ0v) is 15.4. The van der Waals surface area contributed by atoms with Crippen molar-refractivity contribution in [2.24, 2.45) is 0 Å². The average Bonchev–Trinajstić information content (AvgIpc) is 2.80. The molecule has 1 saturated carbocycles. The summed E-state index contributed by atoms with van der Waals surface area (Å²) in [7, 11) is 1.34. The molecule has 0 aromatic heterocycles. The van der Waals surface area contributed by atoms with E-state index >= 15 is 0 Å². The van der Waals surface area contributed by atoms with Gasteiger partial charge in [-0.25, -0.2) is 8.42 Å². The lowest BCUT2D eigenvalue weighted by Gasteiger charge is -2.34. The molecule has 1 saturated heterocycles. The van der Waals surface area contributed by atoms with E-state index in [1.54, 1.807) is 0 Å². The number of likely N-dealkylation sites (N-methyl/N-ethyl adjacent to an activating group) is 1. The molecule has 0 unspecified atom stereocenters. The predicted octanol–water partition coefficient (Wildman–Crippen LogP) is -0.173. The van der Waals surface area contributed by atoms with E-state index in [1.807, 2.05) is 0 Å². The number of quaternary nitrogens is 1. The molecule has 0 aromatic carbocycles. The number of hydrogen-bond acceptors (Lipinski definition) is 3. The Balaban J connectivity index is 1.97. The van der Waals surface area contributed by atoms with Crippen molar-refractivity contribution in [2.75, 3.05) is 38.7 Å². The number of nitrogens with one attached hydrogen (secondary N) is 2. The Morgan fingerprint density at radius 2 is 1.91 bits per heavy atom. The van der Waals surface area contributed by atoms with Crippen molar-refractivity contribution in [2.45, 2.75) is 50.6 Å². The summed E-state index contributed by atoms with van der Waals surface area (Å²) in [5, 5.41) is 4.26. The van der Waals surface area contributed by atoms with E-state index in [0.717, 1.165) is 18.2 Å². The number of thiocarbonyl (C=S) groups is 1. The van der Waals surface area contributed by atoms with Crippen molar-refractivity contribution in [1.82, 2.24) is 10.2 Å². The Morgan fingerprint density at radius 3 is 2.45 bits per heavy atom. The highest BCUT2D eigenvalue weighted by atomic mass is 32.2. The third-order valence-electron chi connectivity index (χ3n) is 4.70. The first-order chi connectivity index (χ1) is 10.4. The van der Waals surface area contributed by atoms with Gasteiger partial charge in [0.15, 0.2) is 14.9 Å². The fraction of sp³-hybridized carbons (Fsp3) is 0.933. The van der Waals surface area contributed by atoms with Crippen LogP contribution in [0.2, 0.25) is 0 Å². The smallest absolute Gasteiger partial charge is 0.169 e. The van der Waals surface area contributed by atoms with Crippen LogP contribution in [0.25, 0.3) is 0 Å². The summed E-state index contributed by atoms with van der Waals surface area (Å²) in [6.07, 6.45) is 6.91. The van der Waals surface area contributed by atoms with Crippen molar-refractivity contribution >= 4 is 27.2 Å². The zero-order chi connectivity index (χ0) is 16.2. The van der Waals surface area contributed by atoms with Gasteiger partial charge < -0.3 is 15.1 Å². The predicted molar refractivity (Wildman–Crippen MR) is 94.0 cm³/mol. The van der Waals surface area contributed by atoms with Crippen molar-refractivity contribution in [1.29, 1.82) is 0 Å². The average molecular weight is 349 g/mol. The van der Waals surface area contributed by atoms with Crippen LogP contribution in [0, 0.1) is 0 Å². The molecule has 1 aliphatic heterocycles. The molecule has 5 nitrogen and oxygen atoms in total. The molecule has 128 valence electrons. The Kier molecular flexibility index (Phi) is 6.46. The van der Waals surface area contributed by atoms with Gasteiger partial charge in [-0.1, -0.05) is 19.3 Å². The van der Waals surface area contributed by atoms with Gasteiger partial charge in [-0.2, -0.15) is 0 Å². The van der Waals surface area contributed by atoms with E-state index in [4.69, 9.17) is 12.2 Å². The van der Waals surface area contributed by atoms with Crippen molar-refractivity contribution < 1.29 is 13.3 Å². The molecule has 2 fully saturated rings. The standard InChI is InChI=1S/C15H29N3O2S2/c1-17(2)9-10-18(14-8-11-22(19,20)12-14)15(21)16-13-6-4-3-5-7-13/h13-14H,3-12H2,1-2H3,(H,16,21)/p+1/t14-/m1/s1. The highest BCUT2D eigenvalue weighted by Crippen LogP contribution is 2.20. The van der Waals surface area contributed by atoms with E-state index in [-0.39, 0.29) is 11.8 Å². The Bertz CT molecular complexity index is 473. The molecule has 0 aromatic rings. The van der Waals surface area contributed by atoms with Gasteiger partial charge in [0, 0.05) is 12.1 Å². The van der Waals surface area contributed by atoms with Gasteiger partial charge >= 0.3 is 0 Å². The van der Waals surface area contributed by atoms with Crippen LogP contribution in [-0.2, 0) is 9.84 Å². The second-order valence-corrected chi connectivity index (χ2v) is 9.61. The van der Waals surface area contributed by atoms with E-state index in [1.165, 1.54) is 37.0 Å². The first-order valence-electron chi connectivity index (χ1n) is 8.44. The van der Waals surface area contributed by atoms with Gasteiger partial charge in [-0.05, 0) is 31.5 Å². The molecule has 2 N–H and O–H groups in total. The largest absolute Gasteiger partial charge is 0.360 e. The molecule has 7 heteroatoms. The first kappa shape index (κ1) is 17.9. The fourth-order valence-electron chi connectivity index (χ4n) is 3.32. The SMILES string of the molecule is C[NH+](C)CCN(C(=S)NC1CCCCC1)[C@@H]1CCS(=O)(=O)C1. The molecule has 0 radical (unpaired) electrons. The molecule has 2 aliphatic rings. The Labute approximate surface area is 140 Å². The molecule has 0 bridgehead atoms. The Hall–Kier alpha value is -0.400. The summed E-state index contributed by atoms with van der Waals surface area (Å²) in [5.74, 6) is 0.553. The second-order valence-electron chi connectivity index (χ2n) is 6.99. The van der Waals surface area contributed by atoms with Gasteiger partial charge in [0.25, 0.3) is 0 Å². The minimum Gasteiger partial charge on any atom is -0.360 e. The van der Waals surface area contributed by atoms with E-state index < -0.39 is 9.84 Å². The molecule has 2 rings (SSSR count). The maximum atomic E-state index is 11.8. The summed E-state index contributed by atoms with van der Waals surface area (Å²) >= 11 is 5.63. The third kappa shape index (κ3) is 5.35. The fourth-order valence-corrected chi connectivity index (χ4v) is 5.46. The van der Waals surface area contributed by atoms with Crippen LogP contribution in [-0.4, -0.2) is 69.2 Å². The highest BCUT2D eigenvalue weighted by Gasteiger charge is 2.34. The van der Waals surface area contributed by atoms with Gasteiger partial charge in [0.1, 0.15) is 0 Å². The van der Waals surface area contributed by atoms with E-state index in [9.17, 15) is 8.42 Å². The molecule has 1 heterocycles. The zero-order valence-electron chi connectivity index (χ0n) is 13.8. The van der Waals surface area contributed by atoms with Crippen LogP contribution in [0.15, 0.2) is 0 Å². The van der Waals surface area contributed by atoms with Crippen LogP contribution >= 0.6 is 12.2 Å². The molecule has 0 amide bonds. The van der Waals surface area contributed by atoms with E-state index in [2.05, 4.69) is 24.3 Å². The van der Waals surface area contributed by atoms with Gasteiger partial charge in [-0.3, -0.25) is 0 Å². The van der Waals surface area contributed by atoms with Gasteiger partial charge in [-0.15, -0.1) is 0 Å². The minimum atomic E-state index is -2.88. The van der Waals surface area contributed by atoms with Crippen LogP contribution in [0.1, 0.15) is 38.5 Å². The van der Waals surface area contributed by atoms with Crippen molar-refractivity contribution in [3.8, 4) is 0 Å². The molecule has 0 spiro atoms. The van der Waals surface area contributed by atoms with Crippen molar-refractivity contribution in [3.05, 3.63) is 0 Å². The normalized spacial score (nSPS) is 25.3. The topological polar surface area (TPSA) is 53.9 Å². The summed E-state index contributed by atoms with van der Waals surface area (Å²) in [6, 6.07) is 0.515. The van der Waals surface area contributed by atoms with Crippen LogP contribution in [0.5, 0.6) is 0 Å². The summed E-state index contributed by atoms with van der Waals surface area (Å²) in [4.78, 5) is 3.49. The van der Waals surface area contributed by atoms with Crippen LogP contribution in [0.3, 0.4) is 0 Å². The molecular weight excluding hydrogens is 318 g/mol. The van der Waals surface area contributed by atoms with Crippen LogP contribution in [0.4, 0.5) is 0 Å². The number of rotatable bonds is 5. The maximum Gasteiger partial charge on any atom is 0.169 e. The third-order valence-corrected chi connectivity index (χ3v) is 6.80. The van der Waals surface area contributed by atoms with E-state index in [0.29, 0.717) is 18.2 Å². The van der Waals surface area contributed by atoms with Crippen LogP contribution < -0.4 is 10.2 Å². The monoisotopic (exact) mass is 348 g/mol. The lowest BCUT2D eigenvalue weighted by molar-refractivity contribution is -0.857. The number of hydrogen-bond donors (Lipinski definition) is 2.